The van der Waals surface area contributed by atoms with E-state index in [-0.39, 0.29) is 30.1 Å². The number of carbonyl (C=O) groups is 2. The molecule has 52 heavy (non-hydrogen) atoms. The van der Waals surface area contributed by atoms with Crippen LogP contribution in [0.2, 0.25) is 5.02 Å². The molecule has 0 radical (unpaired) electrons. The van der Waals surface area contributed by atoms with Gasteiger partial charge in [-0.2, -0.15) is 26.3 Å². The lowest BCUT2D eigenvalue weighted by Crippen LogP contribution is -2.32. The van der Waals surface area contributed by atoms with Crippen molar-refractivity contribution in [2.45, 2.75) is 50.8 Å². The largest absolute Gasteiger partial charge is 0.491 e. The number of fused-ring (bicyclic) bond motifs is 1. The van der Waals surface area contributed by atoms with Crippen LogP contribution in [0, 0.1) is 0 Å². The number of carboxylic acid groups (broad SMARTS) is 2. The third-order valence-corrected chi connectivity index (χ3v) is 8.55. The van der Waals surface area contributed by atoms with Crippen LogP contribution in [0.5, 0.6) is 5.75 Å². The standard InChI is InChI=1S/C36H34ClF3N2O3.C2HF3O2/c1-25(45-30-15-16-33-28(21-30)18-20-42(33)24-34(43)44)17-19-41(22-29-13-8-14-32(35(29)37)36(38,39)40)23-31(26-9-4-2-5-10-26)27-11-6-3-7-12-27;3-2(4,5)1(6)7/h2-16,18,20-21,25,31H,17,19,22-24H2,1H3,(H,43,44);(H,6,7). The molecule has 5 rings (SSSR count). The highest BCUT2D eigenvalue weighted by molar-refractivity contribution is 6.32. The average molecular weight is 749 g/mol. The summed E-state index contributed by atoms with van der Waals surface area (Å²) in [7, 11) is 0. The highest BCUT2D eigenvalue weighted by Gasteiger charge is 2.38. The van der Waals surface area contributed by atoms with Crippen LogP contribution in [0.3, 0.4) is 0 Å². The van der Waals surface area contributed by atoms with Gasteiger partial charge in [-0.25, -0.2) is 4.79 Å². The minimum Gasteiger partial charge on any atom is -0.491 e. The predicted octanol–water partition coefficient (Wildman–Crippen LogP) is 9.52. The van der Waals surface area contributed by atoms with E-state index in [1.165, 1.54) is 6.07 Å². The topological polar surface area (TPSA) is 92.0 Å². The number of aromatic nitrogens is 1. The van der Waals surface area contributed by atoms with E-state index in [1.54, 1.807) is 16.8 Å². The number of ether oxygens (including phenoxy) is 1. The molecule has 5 aromatic rings. The van der Waals surface area contributed by atoms with Crippen molar-refractivity contribution in [3.05, 3.63) is 137 Å². The first-order valence-electron chi connectivity index (χ1n) is 16.0. The van der Waals surface area contributed by atoms with E-state index in [9.17, 15) is 31.1 Å². The fourth-order valence-electron chi connectivity index (χ4n) is 5.62. The first-order chi connectivity index (χ1) is 24.5. The molecule has 14 heteroatoms. The average Bonchev–Trinajstić information content (AvgIpc) is 3.47. The molecule has 0 saturated heterocycles. The number of alkyl halides is 6. The molecular formula is C38H35ClF6N2O5. The Kier molecular flexibility index (Phi) is 13.4. The molecule has 0 fully saturated rings. The Morgan fingerprint density at radius 2 is 1.44 bits per heavy atom. The van der Waals surface area contributed by atoms with Gasteiger partial charge in [0.1, 0.15) is 12.3 Å². The maximum atomic E-state index is 13.7. The number of carboxylic acids is 2. The molecule has 0 saturated carbocycles. The summed E-state index contributed by atoms with van der Waals surface area (Å²) in [5, 5.41) is 16.9. The summed E-state index contributed by atoms with van der Waals surface area (Å²) in [6, 6.07) is 31.6. The number of benzene rings is 4. The summed E-state index contributed by atoms with van der Waals surface area (Å²) in [6.45, 7) is 3.16. The zero-order valence-electron chi connectivity index (χ0n) is 27.7. The molecule has 0 spiro atoms. The van der Waals surface area contributed by atoms with Crippen molar-refractivity contribution in [3.63, 3.8) is 0 Å². The quantitative estimate of drug-likeness (QED) is 0.117. The van der Waals surface area contributed by atoms with Crippen molar-refractivity contribution in [2.75, 3.05) is 13.1 Å². The summed E-state index contributed by atoms with van der Waals surface area (Å²) in [5.41, 5.74) is 2.59. The highest BCUT2D eigenvalue weighted by Crippen LogP contribution is 2.37. The number of hydrogen-bond donors (Lipinski definition) is 2. The molecule has 276 valence electrons. The van der Waals surface area contributed by atoms with Crippen LogP contribution in [-0.4, -0.2) is 57.0 Å². The molecule has 1 heterocycles. The number of rotatable bonds is 13. The second-order valence-electron chi connectivity index (χ2n) is 12.0. The van der Waals surface area contributed by atoms with E-state index in [4.69, 9.17) is 31.3 Å². The van der Waals surface area contributed by atoms with Gasteiger partial charge >= 0.3 is 24.3 Å². The van der Waals surface area contributed by atoms with E-state index in [2.05, 4.69) is 29.2 Å². The van der Waals surface area contributed by atoms with Crippen molar-refractivity contribution >= 4 is 34.4 Å². The summed E-state index contributed by atoms with van der Waals surface area (Å²) in [4.78, 5) is 22.2. The minimum atomic E-state index is -5.08. The van der Waals surface area contributed by atoms with Gasteiger partial charge in [0.2, 0.25) is 0 Å². The lowest BCUT2D eigenvalue weighted by atomic mass is 9.90. The molecule has 7 nitrogen and oxygen atoms in total. The zero-order chi connectivity index (χ0) is 38.1. The monoisotopic (exact) mass is 748 g/mol. The van der Waals surface area contributed by atoms with Gasteiger partial charge in [0, 0.05) is 42.7 Å². The van der Waals surface area contributed by atoms with Crippen molar-refractivity contribution < 1.29 is 50.9 Å². The van der Waals surface area contributed by atoms with E-state index >= 15 is 0 Å². The van der Waals surface area contributed by atoms with Gasteiger partial charge in [0.25, 0.3) is 0 Å². The van der Waals surface area contributed by atoms with Gasteiger partial charge in [0.15, 0.2) is 0 Å². The molecule has 0 aliphatic heterocycles. The van der Waals surface area contributed by atoms with Crippen LogP contribution >= 0.6 is 11.6 Å². The Morgan fingerprint density at radius 3 is 1.98 bits per heavy atom. The lowest BCUT2D eigenvalue weighted by molar-refractivity contribution is -0.192. The van der Waals surface area contributed by atoms with E-state index < -0.39 is 29.9 Å². The summed E-state index contributed by atoms with van der Waals surface area (Å²) < 4.78 is 80.7. The predicted molar refractivity (Wildman–Crippen MR) is 184 cm³/mol. The Labute approximate surface area is 300 Å². The van der Waals surface area contributed by atoms with Crippen LogP contribution in [0.25, 0.3) is 10.9 Å². The normalized spacial score (nSPS) is 12.4. The maximum Gasteiger partial charge on any atom is 0.490 e. The Hall–Kier alpha value is -5.01. The Morgan fingerprint density at radius 1 is 0.846 bits per heavy atom. The molecule has 1 unspecified atom stereocenters. The molecule has 0 aliphatic carbocycles. The number of nitrogens with zero attached hydrogens (tertiary/aromatic N) is 2. The Balaban J connectivity index is 0.000000785. The van der Waals surface area contributed by atoms with Gasteiger partial charge in [-0.15, -0.1) is 0 Å². The number of aliphatic carboxylic acids is 2. The molecule has 0 bridgehead atoms. The molecule has 0 amide bonds. The third-order valence-electron chi connectivity index (χ3n) is 8.10. The first-order valence-corrected chi connectivity index (χ1v) is 16.3. The van der Waals surface area contributed by atoms with Crippen molar-refractivity contribution in [1.29, 1.82) is 0 Å². The van der Waals surface area contributed by atoms with Crippen LogP contribution < -0.4 is 4.74 Å². The summed E-state index contributed by atoms with van der Waals surface area (Å²) in [6.07, 6.45) is -7.51. The maximum absolute atomic E-state index is 13.7. The Bertz CT molecular complexity index is 1890. The second kappa shape index (κ2) is 17.5. The SMILES string of the molecule is CC(CCN(Cc1cccc(C(F)(F)F)c1Cl)CC(c1ccccc1)c1ccccc1)Oc1ccc2c(ccn2CC(=O)O)c1.O=C(O)C(F)(F)F. The van der Waals surface area contributed by atoms with Crippen LogP contribution in [0.4, 0.5) is 26.3 Å². The fraction of sp³-hybridized carbons (Fsp3) is 0.263. The third kappa shape index (κ3) is 11.2. The highest BCUT2D eigenvalue weighted by atomic mass is 35.5. The van der Waals surface area contributed by atoms with Crippen molar-refractivity contribution in [2.24, 2.45) is 0 Å². The van der Waals surface area contributed by atoms with Gasteiger partial charge in [-0.05, 0) is 60.4 Å². The first kappa shape index (κ1) is 39.8. The van der Waals surface area contributed by atoms with Crippen molar-refractivity contribution in [1.82, 2.24) is 9.47 Å². The smallest absolute Gasteiger partial charge is 0.490 e. The van der Waals surface area contributed by atoms with Crippen molar-refractivity contribution in [3.8, 4) is 5.75 Å². The van der Waals surface area contributed by atoms with Gasteiger partial charge in [0.05, 0.1) is 16.7 Å². The molecule has 0 aliphatic rings. The summed E-state index contributed by atoms with van der Waals surface area (Å²) >= 11 is 6.35. The molecular weight excluding hydrogens is 714 g/mol. The van der Waals surface area contributed by atoms with E-state index in [0.717, 1.165) is 28.1 Å². The van der Waals surface area contributed by atoms with Crippen LogP contribution in [0.15, 0.2) is 109 Å². The number of hydrogen-bond acceptors (Lipinski definition) is 4. The van der Waals surface area contributed by atoms with Gasteiger partial charge in [-0.3, -0.25) is 9.69 Å². The van der Waals surface area contributed by atoms with Gasteiger partial charge in [-0.1, -0.05) is 84.4 Å². The molecule has 1 aromatic heterocycles. The van der Waals surface area contributed by atoms with Crippen LogP contribution in [0.1, 0.15) is 41.5 Å². The fourth-order valence-corrected chi connectivity index (χ4v) is 5.91. The van der Waals surface area contributed by atoms with E-state index in [0.29, 0.717) is 30.8 Å². The molecule has 2 N–H and O–H groups in total. The lowest BCUT2D eigenvalue weighted by Gasteiger charge is -2.30. The second-order valence-corrected chi connectivity index (χ2v) is 12.3. The minimum absolute atomic E-state index is 0.0227. The number of halogens is 7. The van der Waals surface area contributed by atoms with Gasteiger partial charge < -0.3 is 19.5 Å². The van der Waals surface area contributed by atoms with Crippen LogP contribution in [-0.2, 0) is 28.9 Å². The zero-order valence-corrected chi connectivity index (χ0v) is 28.5. The van der Waals surface area contributed by atoms with E-state index in [1.807, 2.05) is 67.6 Å². The molecule has 4 aromatic carbocycles. The summed E-state index contributed by atoms with van der Waals surface area (Å²) in [5.74, 6) is -3.04. The molecule has 1 atom stereocenters.